The van der Waals surface area contributed by atoms with E-state index in [2.05, 4.69) is 4.74 Å². The van der Waals surface area contributed by atoms with E-state index in [-0.39, 0.29) is 18.8 Å². The number of aliphatic hydroxyl groups is 1. The minimum atomic E-state index is -4.81. The van der Waals surface area contributed by atoms with E-state index in [0.29, 0.717) is 18.9 Å². The molecular formula is C15H16ClF3N2O5. The molecule has 0 radical (unpaired) electrons. The number of methoxy groups -OCH3 is 1. The number of ether oxygens (including phenoxy) is 1. The molecule has 0 bridgehead atoms. The Morgan fingerprint density at radius 2 is 2.00 bits per heavy atom. The molecular weight excluding hydrogens is 381 g/mol. The number of carbonyl (C=O) groups excluding carboxylic acids is 1. The average molecular weight is 397 g/mol. The second-order valence-electron chi connectivity index (χ2n) is 5.87. The van der Waals surface area contributed by atoms with Crippen LogP contribution >= 0.6 is 11.6 Å². The molecule has 1 aromatic carbocycles. The fourth-order valence-electron chi connectivity index (χ4n) is 2.94. The molecule has 2 rings (SSSR count). The van der Waals surface area contributed by atoms with E-state index in [1.165, 1.54) is 4.90 Å². The van der Waals surface area contributed by atoms with Gasteiger partial charge in [-0.15, -0.1) is 0 Å². The van der Waals surface area contributed by atoms with Crippen LogP contribution in [0, 0.1) is 16.0 Å². The van der Waals surface area contributed by atoms with Crippen LogP contribution in [0.3, 0.4) is 0 Å². The lowest BCUT2D eigenvalue weighted by Gasteiger charge is -2.34. The molecule has 1 heterocycles. The van der Waals surface area contributed by atoms with Crippen molar-refractivity contribution >= 4 is 28.9 Å². The summed E-state index contributed by atoms with van der Waals surface area (Å²) in [6.07, 6.45) is -5.50. The fraction of sp³-hybridized carbons (Fsp3) is 0.533. The molecule has 1 atom stereocenters. The number of nitrogens with zero attached hydrogens (tertiary/aromatic N) is 2. The first-order chi connectivity index (χ1) is 12.1. The molecule has 11 heteroatoms. The number of esters is 1. The smallest absolute Gasteiger partial charge is 0.418 e. The van der Waals surface area contributed by atoms with Crippen molar-refractivity contribution in [1.29, 1.82) is 0 Å². The van der Waals surface area contributed by atoms with Crippen molar-refractivity contribution in [3.8, 4) is 0 Å². The predicted molar refractivity (Wildman–Crippen MR) is 86.1 cm³/mol. The number of piperidine rings is 1. The lowest BCUT2D eigenvalue weighted by atomic mass is 9.91. The predicted octanol–water partition coefficient (Wildman–Crippen LogP) is 3.02. The Kier molecular flexibility index (Phi) is 5.97. The molecule has 0 aromatic heterocycles. The number of alkyl halides is 3. The van der Waals surface area contributed by atoms with Gasteiger partial charge in [-0.25, -0.2) is 4.79 Å². The quantitative estimate of drug-likeness (QED) is 0.478. The normalized spacial score (nSPS) is 17.1. The maximum atomic E-state index is 12.9. The summed E-state index contributed by atoms with van der Waals surface area (Å²) < 4.78 is 43.2. The van der Waals surface area contributed by atoms with Crippen LogP contribution in [0.15, 0.2) is 12.1 Å². The van der Waals surface area contributed by atoms with Crippen LogP contribution in [-0.4, -0.2) is 42.3 Å². The summed E-state index contributed by atoms with van der Waals surface area (Å²) >= 11 is 5.68. The van der Waals surface area contributed by atoms with Crippen LogP contribution < -0.4 is 4.90 Å². The first-order valence-electron chi connectivity index (χ1n) is 7.62. The van der Waals surface area contributed by atoms with E-state index in [1.807, 2.05) is 0 Å². The van der Waals surface area contributed by atoms with E-state index in [9.17, 15) is 33.2 Å². The van der Waals surface area contributed by atoms with Gasteiger partial charge in [-0.1, -0.05) is 11.6 Å². The molecule has 7 nitrogen and oxygen atoms in total. The second-order valence-corrected chi connectivity index (χ2v) is 6.28. The average Bonchev–Trinajstić information content (AvgIpc) is 2.58. The third kappa shape index (κ3) is 4.18. The number of halogens is 4. The van der Waals surface area contributed by atoms with Gasteiger partial charge in [0.25, 0.3) is 5.69 Å². The molecule has 1 unspecified atom stereocenters. The first-order valence-corrected chi connectivity index (χ1v) is 8.00. The Morgan fingerprint density at radius 3 is 2.46 bits per heavy atom. The zero-order valence-electron chi connectivity index (χ0n) is 13.6. The summed E-state index contributed by atoms with van der Waals surface area (Å²) in [7, 11) is 1.15. The van der Waals surface area contributed by atoms with Crippen LogP contribution in [0.1, 0.15) is 18.4 Å². The monoisotopic (exact) mass is 396 g/mol. The first kappa shape index (κ1) is 20.2. The number of aliphatic hydroxyl groups excluding tert-OH is 1. The van der Waals surface area contributed by atoms with E-state index in [0.717, 1.165) is 13.2 Å². The van der Waals surface area contributed by atoms with Crippen LogP contribution in [0.25, 0.3) is 0 Å². The highest BCUT2D eigenvalue weighted by Crippen LogP contribution is 2.42. The SMILES string of the molecule is COC(=O)C(O)C1CCN(c2cc(Cl)c(C(F)(F)F)cc2[N+](=O)[O-])CC1. The molecule has 0 aliphatic carbocycles. The van der Waals surface area contributed by atoms with Crippen molar-refractivity contribution in [2.24, 2.45) is 5.92 Å². The summed E-state index contributed by atoms with van der Waals surface area (Å²) in [5.41, 5.74) is -2.00. The third-order valence-corrected chi connectivity index (χ3v) is 4.65. The van der Waals surface area contributed by atoms with Crippen molar-refractivity contribution in [3.05, 3.63) is 32.8 Å². The molecule has 26 heavy (non-hydrogen) atoms. The number of anilines is 1. The van der Waals surface area contributed by atoms with Gasteiger partial charge in [0.2, 0.25) is 0 Å². The van der Waals surface area contributed by atoms with Crippen LogP contribution in [0.5, 0.6) is 0 Å². The molecule has 1 aliphatic rings. The number of rotatable bonds is 4. The Bertz CT molecular complexity index is 705. The highest BCUT2D eigenvalue weighted by molar-refractivity contribution is 6.31. The second kappa shape index (κ2) is 7.67. The minimum Gasteiger partial charge on any atom is -0.467 e. The molecule has 0 amide bonds. The van der Waals surface area contributed by atoms with E-state index < -0.39 is 45.4 Å². The standard InChI is InChI=1S/C15H16ClF3N2O5/c1-26-14(23)13(22)8-2-4-20(5-3-8)11-7-10(16)9(15(17,18)19)6-12(11)21(24)25/h6-8,13,22H,2-5H2,1H3. The van der Waals surface area contributed by atoms with Gasteiger partial charge in [0.05, 0.1) is 22.6 Å². The summed E-state index contributed by atoms with van der Waals surface area (Å²) in [6, 6.07) is 1.35. The Hall–Kier alpha value is -2.07. The summed E-state index contributed by atoms with van der Waals surface area (Å²) in [5, 5.41) is 20.5. The molecule has 1 aromatic rings. The van der Waals surface area contributed by atoms with Crippen LogP contribution in [0.2, 0.25) is 5.02 Å². The zero-order valence-corrected chi connectivity index (χ0v) is 14.4. The Morgan fingerprint density at radius 1 is 1.42 bits per heavy atom. The summed E-state index contributed by atoms with van der Waals surface area (Å²) in [6.45, 7) is 0.419. The largest absolute Gasteiger partial charge is 0.467 e. The summed E-state index contributed by atoms with van der Waals surface area (Å²) in [5.74, 6) is -1.17. The number of nitro groups is 1. The number of carbonyl (C=O) groups is 1. The van der Waals surface area contributed by atoms with Crippen molar-refractivity contribution < 1.29 is 32.7 Å². The third-order valence-electron chi connectivity index (χ3n) is 4.34. The number of benzene rings is 1. The van der Waals surface area contributed by atoms with Gasteiger partial charge in [-0.05, 0) is 24.8 Å². The number of nitro benzene ring substituents is 1. The van der Waals surface area contributed by atoms with Crippen molar-refractivity contribution in [2.75, 3.05) is 25.1 Å². The molecule has 1 aliphatic heterocycles. The van der Waals surface area contributed by atoms with Gasteiger partial charge < -0.3 is 14.7 Å². The summed E-state index contributed by atoms with van der Waals surface area (Å²) in [4.78, 5) is 23.2. The van der Waals surface area contributed by atoms with Crippen molar-refractivity contribution in [2.45, 2.75) is 25.1 Å². The topological polar surface area (TPSA) is 92.9 Å². The molecule has 1 N–H and O–H groups in total. The van der Waals surface area contributed by atoms with Gasteiger partial charge in [-0.2, -0.15) is 13.2 Å². The van der Waals surface area contributed by atoms with Gasteiger partial charge in [0, 0.05) is 19.2 Å². The Balaban J connectivity index is 2.26. The highest BCUT2D eigenvalue weighted by Gasteiger charge is 2.38. The van der Waals surface area contributed by atoms with Crippen molar-refractivity contribution in [1.82, 2.24) is 0 Å². The number of hydrogen-bond donors (Lipinski definition) is 1. The van der Waals surface area contributed by atoms with E-state index >= 15 is 0 Å². The lowest BCUT2D eigenvalue weighted by Crippen LogP contribution is -2.41. The molecule has 144 valence electrons. The molecule has 0 saturated carbocycles. The maximum absolute atomic E-state index is 12.9. The maximum Gasteiger partial charge on any atom is 0.418 e. The zero-order chi connectivity index (χ0) is 19.6. The Labute approximate surface area is 151 Å². The van der Waals surface area contributed by atoms with Gasteiger partial charge in [0.1, 0.15) is 5.69 Å². The molecule has 1 fully saturated rings. The molecule has 0 spiro atoms. The van der Waals surface area contributed by atoms with Gasteiger partial charge in [-0.3, -0.25) is 10.1 Å². The van der Waals surface area contributed by atoms with Gasteiger partial charge in [0.15, 0.2) is 6.10 Å². The van der Waals surface area contributed by atoms with Crippen molar-refractivity contribution in [3.63, 3.8) is 0 Å². The van der Waals surface area contributed by atoms with E-state index in [1.54, 1.807) is 0 Å². The fourth-order valence-corrected chi connectivity index (χ4v) is 3.20. The molecule has 1 saturated heterocycles. The van der Waals surface area contributed by atoms with Crippen LogP contribution in [0.4, 0.5) is 24.5 Å². The lowest BCUT2D eigenvalue weighted by molar-refractivity contribution is -0.384. The minimum absolute atomic E-state index is 0.0287. The van der Waals surface area contributed by atoms with E-state index in [4.69, 9.17) is 11.6 Å². The highest BCUT2D eigenvalue weighted by atomic mass is 35.5. The van der Waals surface area contributed by atoms with Crippen LogP contribution in [-0.2, 0) is 15.7 Å². The van der Waals surface area contributed by atoms with Gasteiger partial charge >= 0.3 is 12.1 Å². The number of hydrogen-bond acceptors (Lipinski definition) is 6.